The summed E-state index contributed by atoms with van der Waals surface area (Å²) < 4.78 is 0. The molecule has 2 heteroatoms. The van der Waals surface area contributed by atoms with Crippen molar-refractivity contribution in [1.29, 1.82) is 0 Å². The first kappa shape index (κ1) is 11.9. The molecule has 0 bridgehead atoms. The van der Waals surface area contributed by atoms with Gasteiger partial charge in [-0.15, -0.1) is 0 Å². The molecule has 0 aromatic rings. The summed E-state index contributed by atoms with van der Waals surface area (Å²) in [5, 5.41) is 3.89. The maximum Gasteiger partial charge on any atom is 0.0320 e. The first-order valence-electron chi connectivity index (χ1n) is 3.55. The summed E-state index contributed by atoms with van der Waals surface area (Å²) in [7, 11) is 0. The Balaban J connectivity index is 0. The van der Waals surface area contributed by atoms with E-state index in [1.807, 2.05) is 34.6 Å². The van der Waals surface area contributed by atoms with E-state index in [9.17, 15) is 0 Å². The number of allylic oxidation sites excluding steroid dienone is 1. The first-order chi connectivity index (χ1) is 4.63. The molecule has 0 fully saturated rings. The molecule has 0 rings (SSSR count). The Morgan fingerprint density at radius 2 is 1.60 bits per heavy atom. The van der Waals surface area contributed by atoms with Crippen LogP contribution in [0, 0.1) is 0 Å². The number of nitrogens with zero attached hydrogens (tertiary/aromatic N) is 1. The minimum Gasteiger partial charge on any atom is -0.284 e. The topological polar surface area (TPSA) is 24.4 Å². The average molecular weight is 142 g/mol. The van der Waals surface area contributed by atoms with Gasteiger partial charge < -0.3 is 0 Å². The zero-order valence-corrected chi connectivity index (χ0v) is 7.65. The summed E-state index contributed by atoms with van der Waals surface area (Å²) in [6.07, 6.45) is 0. The fourth-order valence-corrected chi connectivity index (χ4v) is 0.207. The third-order valence-electron chi connectivity index (χ3n) is 0.470. The minimum absolute atomic E-state index is 0.867. The standard InChI is InChI=1S/C6H12N2.C2H6/c1-5(2)7-8-6(3)4;1-2/h7H,1H2,2-4H3;1-2H3. The summed E-state index contributed by atoms with van der Waals surface area (Å²) in [5.74, 6) is 0. The molecular weight excluding hydrogens is 124 g/mol. The van der Waals surface area contributed by atoms with Crippen molar-refractivity contribution in [3.05, 3.63) is 12.3 Å². The van der Waals surface area contributed by atoms with E-state index in [1.54, 1.807) is 0 Å². The van der Waals surface area contributed by atoms with Gasteiger partial charge in [-0.25, -0.2) is 0 Å². The van der Waals surface area contributed by atoms with Crippen LogP contribution in [0.25, 0.3) is 0 Å². The van der Waals surface area contributed by atoms with Gasteiger partial charge >= 0.3 is 0 Å². The van der Waals surface area contributed by atoms with E-state index in [0.717, 1.165) is 11.4 Å². The first-order valence-corrected chi connectivity index (χ1v) is 3.55. The van der Waals surface area contributed by atoms with Crippen LogP contribution in [0.3, 0.4) is 0 Å². The van der Waals surface area contributed by atoms with Gasteiger partial charge in [0.25, 0.3) is 0 Å². The molecule has 10 heavy (non-hydrogen) atoms. The molecule has 0 aliphatic heterocycles. The molecule has 0 aromatic heterocycles. The summed E-state index contributed by atoms with van der Waals surface area (Å²) in [4.78, 5) is 0. The average Bonchev–Trinajstić information content (AvgIpc) is 1.89. The zero-order chi connectivity index (χ0) is 8.57. The molecule has 0 saturated heterocycles. The molecule has 0 radical (unpaired) electrons. The Bertz CT molecular complexity index is 110. The SMILES string of the molecule is C=C(C)NN=C(C)C.CC. The normalized spacial score (nSPS) is 6.90. The third kappa shape index (κ3) is 15.7. The lowest BCUT2D eigenvalue weighted by molar-refractivity contribution is 0.890. The predicted octanol–water partition coefficient (Wildman–Crippen LogP) is 2.53. The van der Waals surface area contributed by atoms with Crippen LogP contribution in [0.1, 0.15) is 34.6 Å². The number of rotatable bonds is 2. The van der Waals surface area contributed by atoms with Crippen molar-refractivity contribution in [3.8, 4) is 0 Å². The highest BCUT2D eigenvalue weighted by atomic mass is 15.3. The molecule has 2 nitrogen and oxygen atoms in total. The van der Waals surface area contributed by atoms with Crippen LogP contribution in [0.4, 0.5) is 0 Å². The number of nitrogens with one attached hydrogen (secondary N) is 1. The van der Waals surface area contributed by atoms with E-state index >= 15 is 0 Å². The van der Waals surface area contributed by atoms with Crippen molar-refractivity contribution in [3.63, 3.8) is 0 Å². The lowest BCUT2D eigenvalue weighted by atomic mass is 10.5. The fourth-order valence-electron chi connectivity index (χ4n) is 0.207. The maximum absolute atomic E-state index is 3.89. The zero-order valence-electron chi connectivity index (χ0n) is 7.65. The van der Waals surface area contributed by atoms with Crippen LogP contribution in [0.2, 0.25) is 0 Å². The van der Waals surface area contributed by atoms with Gasteiger partial charge in [0, 0.05) is 11.4 Å². The Hall–Kier alpha value is -0.790. The molecule has 0 amide bonds. The Morgan fingerprint density at radius 3 is 1.70 bits per heavy atom. The van der Waals surface area contributed by atoms with Gasteiger partial charge in [0.2, 0.25) is 0 Å². The van der Waals surface area contributed by atoms with Crippen molar-refractivity contribution >= 4 is 5.71 Å². The van der Waals surface area contributed by atoms with Crippen molar-refractivity contribution < 1.29 is 0 Å². The van der Waals surface area contributed by atoms with Crippen molar-refractivity contribution in [1.82, 2.24) is 5.43 Å². The van der Waals surface area contributed by atoms with Crippen LogP contribution < -0.4 is 5.43 Å². The van der Waals surface area contributed by atoms with Gasteiger partial charge in [0.15, 0.2) is 0 Å². The summed E-state index contributed by atoms with van der Waals surface area (Å²) in [6, 6.07) is 0. The van der Waals surface area contributed by atoms with E-state index in [2.05, 4.69) is 17.1 Å². The minimum atomic E-state index is 0.867. The van der Waals surface area contributed by atoms with E-state index in [1.165, 1.54) is 0 Å². The fraction of sp³-hybridized carbons (Fsp3) is 0.625. The summed E-state index contributed by atoms with van der Waals surface area (Å²) in [6.45, 7) is 13.3. The molecule has 0 atom stereocenters. The van der Waals surface area contributed by atoms with Crippen molar-refractivity contribution in [2.24, 2.45) is 5.10 Å². The molecule has 0 aliphatic rings. The number of hydrazone groups is 1. The van der Waals surface area contributed by atoms with Gasteiger partial charge in [-0.1, -0.05) is 20.4 Å². The van der Waals surface area contributed by atoms with E-state index in [4.69, 9.17) is 0 Å². The summed E-state index contributed by atoms with van der Waals surface area (Å²) >= 11 is 0. The van der Waals surface area contributed by atoms with E-state index < -0.39 is 0 Å². The molecule has 1 N–H and O–H groups in total. The maximum atomic E-state index is 3.89. The smallest absolute Gasteiger partial charge is 0.0320 e. The second-order valence-electron chi connectivity index (χ2n) is 1.95. The van der Waals surface area contributed by atoms with Crippen molar-refractivity contribution in [2.45, 2.75) is 34.6 Å². The van der Waals surface area contributed by atoms with Crippen LogP contribution in [0.15, 0.2) is 17.4 Å². The Labute approximate surface area is 64.0 Å². The van der Waals surface area contributed by atoms with Gasteiger partial charge in [-0.2, -0.15) is 5.10 Å². The van der Waals surface area contributed by atoms with Crippen molar-refractivity contribution in [2.75, 3.05) is 0 Å². The second kappa shape index (κ2) is 8.21. The molecule has 0 aliphatic carbocycles. The van der Waals surface area contributed by atoms with Crippen LogP contribution in [0.5, 0.6) is 0 Å². The molecule has 0 heterocycles. The largest absolute Gasteiger partial charge is 0.284 e. The molecular formula is C8H18N2. The van der Waals surface area contributed by atoms with Gasteiger partial charge in [-0.3, -0.25) is 5.43 Å². The number of hydrogen-bond donors (Lipinski definition) is 1. The lowest BCUT2D eigenvalue weighted by Gasteiger charge is -1.94. The van der Waals surface area contributed by atoms with Gasteiger partial charge in [-0.05, 0) is 20.8 Å². The van der Waals surface area contributed by atoms with E-state index in [-0.39, 0.29) is 0 Å². The van der Waals surface area contributed by atoms with Crippen LogP contribution >= 0.6 is 0 Å². The number of hydrogen-bond acceptors (Lipinski definition) is 2. The Kier molecular flexibility index (Phi) is 9.80. The highest BCUT2D eigenvalue weighted by Gasteiger charge is 1.76. The molecule has 60 valence electrons. The predicted molar refractivity (Wildman–Crippen MR) is 48.1 cm³/mol. The third-order valence-corrected chi connectivity index (χ3v) is 0.470. The highest BCUT2D eigenvalue weighted by molar-refractivity contribution is 5.78. The Morgan fingerprint density at radius 1 is 1.20 bits per heavy atom. The van der Waals surface area contributed by atoms with Gasteiger partial charge in [0.05, 0.1) is 0 Å². The molecule has 0 unspecified atom stereocenters. The molecule has 0 aromatic carbocycles. The van der Waals surface area contributed by atoms with Crippen LogP contribution in [-0.4, -0.2) is 5.71 Å². The van der Waals surface area contributed by atoms with Gasteiger partial charge in [0.1, 0.15) is 0 Å². The summed E-state index contributed by atoms with van der Waals surface area (Å²) in [5.41, 5.74) is 4.61. The molecule has 0 spiro atoms. The second-order valence-corrected chi connectivity index (χ2v) is 1.95. The van der Waals surface area contributed by atoms with E-state index in [0.29, 0.717) is 0 Å². The quantitative estimate of drug-likeness (QED) is 0.465. The van der Waals surface area contributed by atoms with Crippen LogP contribution in [-0.2, 0) is 0 Å². The lowest BCUT2D eigenvalue weighted by Crippen LogP contribution is -2.02. The molecule has 0 saturated carbocycles. The monoisotopic (exact) mass is 142 g/mol. The highest BCUT2D eigenvalue weighted by Crippen LogP contribution is 1.77.